The fraction of sp³-hybridized carbons (Fsp3) is 0.191. The van der Waals surface area contributed by atoms with Gasteiger partial charge in [-0.15, -0.1) is 0 Å². The van der Waals surface area contributed by atoms with Crippen molar-refractivity contribution in [2.45, 2.75) is 132 Å². The average Bonchev–Trinajstić information content (AvgIpc) is 1.34. The predicted octanol–water partition coefficient (Wildman–Crippen LogP) is 31.9. The van der Waals surface area contributed by atoms with Gasteiger partial charge in [-0.3, -0.25) is 0 Å². The van der Waals surface area contributed by atoms with Gasteiger partial charge in [0, 0.05) is 95.6 Å². The summed E-state index contributed by atoms with van der Waals surface area (Å²) in [6.07, 6.45) is 19.7. The number of ether oxygens (including phenoxy) is 2. The molecule has 0 radical (unpaired) electrons. The highest BCUT2D eigenvalue weighted by molar-refractivity contribution is 7.00. The Balaban J connectivity index is 0.542. The molecule has 0 N–H and O–H groups in total. The number of nitrogens with zero attached hydrogens (tertiary/aromatic N) is 5. The fourth-order valence-corrected chi connectivity index (χ4v) is 29.7. The van der Waals surface area contributed by atoms with E-state index in [4.69, 9.17) is 9.47 Å². The van der Waals surface area contributed by atoms with Gasteiger partial charge in [-0.25, -0.2) is 0 Å². The molecule has 9 aliphatic heterocycles. The maximum atomic E-state index is 7.00. The van der Waals surface area contributed by atoms with E-state index >= 15 is 0 Å². The van der Waals surface area contributed by atoms with E-state index in [1.165, 1.54) is 260 Å². The molecule has 0 atom stereocenters. The van der Waals surface area contributed by atoms with E-state index in [0.717, 1.165) is 152 Å². The molecule has 0 saturated heterocycles. The van der Waals surface area contributed by atoms with Gasteiger partial charge in [0.15, 0.2) is 0 Å². The average molecular weight is 1920 g/mol. The summed E-state index contributed by atoms with van der Waals surface area (Å²) in [4.78, 5) is 13.8. The lowest BCUT2D eigenvalue weighted by Crippen LogP contribution is -2.62. The lowest BCUT2D eigenvalue weighted by Gasteiger charge is -2.48. The zero-order valence-corrected chi connectivity index (χ0v) is 84.4. The molecule has 0 saturated carbocycles. The van der Waals surface area contributed by atoms with Crippen LogP contribution < -0.4 is 50.4 Å². The second-order valence-corrected chi connectivity index (χ2v) is 43.7. The predicted molar refractivity (Wildman–Crippen MR) is 616 cm³/mol. The van der Waals surface area contributed by atoms with Crippen molar-refractivity contribution >= 4 is 74.3 Å². The molecule has 9 heterocycles. The molecule has 11 aliphatic rings. The minimum Gasteiger partial charge on any atom is -0.457 e. The minimum absolute atomic E-state index is 0.0708. The molecule has 30 rings (SSSR count). The normalized spacial score (nSPS) is 15.7. The van der Waals surface area contributed by atoms with Crippen LogP contribution in [0.1, 0.15) is 177 Å². The van der Waals surface area contributed by atoms with Crippen molar-refractivity contribution in [1.82, 2.24) is 0 Å². The van der Waals surface area contributed by atoms with Crippen LogP contribution in [0.3, 0.4) is 0 Å². The first-order chi connectivity index (χ1) is 73.9. The Morgan fingerprint density at radius 1 is 0.235 bits per heavy atom. The highest BCUT2D eigenvalue weighted by atomic mass is 16.5. The van der Waals surface area contributed by atoms with Crippen LogP contribution in [-0.2, 0) is 54.8 Å². The number of para-hydroxylation sites is 4. The van der Waals surface area contributed by atoms with Crippen molar-refractivity contribution in [2.75, 3.05) is 63.8 Å². The Kier molecular flexibility index (Phi) is 21.1. The van der Waals surface area contributed by atoms with Gasteiger partial charge in [0.2, 0.25) is 0 Å². The Morgan fingerprint density at radius 3 is 0.980 bits per heavy atom. The maximum absolute atomic E-state index is 7.00. The molecule has 2 aliphatic carbocycles. The number of anilines is 9. The zero-order chi connectivity index (χ0) is 98.0. The summed E-state index contributed by atoms with van der Waals surface area (Å²) in [5.74, 6) is 3.66. The summed E-state index contributed by atoms with van der Waals surface area (Å²) in [7, 11) is 0. The third kappa shape index (κ3) is 13.6. The first kappa shape index (κ1) is 88.2. The van der Waals surface area contributed by atoms with Gasteiger partial charge in [0.25, 0.3) is 6.71 Å². The van der Waals surface area contributed by atoms with Crippen molar-refractivity contribution in [3.05, 3.63) is 513 Å². The monoisotopic (exact) mass is 1920 g/mol. The van der Waals surface area contributed by atoms with Crippen molar-refractivity contribution in [3.63, 3.8) is 0 Å². The molecular formula is C141H116BN5O2. The highest BCUT2D eigenvalue weighted by Gasteiger charge is 2.55. The molecule has 0 aromatic heterocycles. The number of hydrogen-bond acceptors (Lipinski definition) is 7. The molecule has 720 valence electrons. The molecule has 0 amide bonds. The van der Waals surface area contributed by atoms with Crippen LogP contribution in [0, 0.1) is 0 Å². The molecule has 2 spiro atoms. The molecule has 19 aromatic carbocycles. The van der Waals surface area contributed by atoms with Crippen LogP contribution in [-0.4, -0.2) is 46.0 Å². The second-order valence-electron chi connectivity index (χ2n) is 43.7. The van der Waals surface area contributed by atoms with E-state index in [9.17, 15) is 0 Å². The van der Waals surface area contributed by atoms with Crippen LogP contribution >= 0.6 is 0 Å². The van der Waals surface area contributed by atoms with Crippen molar-refractivity contribution in [2.24, 2.45) is 0 Å². The van der Waals surface area contributed by atoms with E-state index in [1.54, 1.807) is 0 Å². The standard InChI is InChI=1S/C141H116BN5O2/c1(7-39-93-41-13-15-51-108(93)97-71-75-134-122(87-97)140(120-63-27-31-67-132(120)148-134)114-57-21-17-53-110(114)111-54-18-22-58-115(111)140)3-33-81-145-128-89-95(103-83-99-43-35-77-143-78-36-44-100(84-103)137(99)143)69-73-124(128)142-125-74-70-96(104-85-101-45-37-79-144-80-38-46-102(86-104)138(101)144)90-129(125)146(131-92-107(91-130(145)136(131)142)147-126-65-29-25-61-118(126)139(105-47-9-5-10-48-105,106-49-11-6-12-50-106)119-62-26-30-66-127(119)147)82-34-4-2-8-40-94-42-14-16-52-109(94)98-72-76-135-123(88-98)141(121-64-28-32-68-133(121)149-135)116-59-23-19-55-112(116)113-56-20-24-60-117(113)141/h5-6,9-32,41-42,47-76,83-92H,1-4,7-8,33-40,43-46,77-82H2. The summed E-state index contributed by atoms with van der Waals surface area (Å²) >= 11 is 0. The quantitative estimate of drug-likeness (QED) is 0.0524. The summed E-state index contributed by atoms with van der Waals surface area (Å²) in [5, 5.41) is 0. The number of rotatable bonds is 21. The third-order valence-electron chi connectivity index (χ3n) is 35.9. The molecule has 19 aromatic rings. The van der Waals surface area contributed by atoms with Crippen molar-refractivity contribution < 1.29 is 9.47 Å². The van der Waals surface area contributed by atoms with Gasteiger partial charge in [-0.05, 0) is 348 Å². The zero-order valence-electron chi connectivity index (χ0n) is 84.4. The van der Waals surface area contributed by atoms with Gasteiger partial charge in [-0.1, -0.05) is 341 Å². The fourth-order valence-electron chi connectivity index (χ4n) is 29.7. The van der Waals surface area contributed by atoms with E-state index < -0.39 is 16.2 Å². The molecule has 7 nitrogen and oxygen atoms in total. The van der Waals surface area contributed by atoms with Crippen LogP contribution in [0.25, 0.3) is 66.8 Å². The molecule has 8 heteroatoms. The maximum Gasteiger partial charge on any atom is 0.252 e. The second kappa shape index (κ2) is 35.6. The van der Waals surface area contributed by atoms with Crippen LogP contribution in [0.4, 0.5) is 51.2 Å². The smallest absolute Gasteiger partial charge is 0.252 e. The molecule has 149 heavy (non-hydrogen) atoms. The van der Waals surface area contributed by atoms with E-state index in [-0.39, 0.29) is 6.71 Å². The summed E-state index contributed by atoms with van der Waals surface area (Å²) < 4.78 is 14.0. The van der Waals surface area contributed by atoms with Crippen LogP contribution in [0.5, 0.6) is 23.0 Å². The first-order valence-corrected chi connectivity index (χ1v) is 55.2. The summed E-state index contributed by atoms with van der Waals surface area (Å²) in [5.41, 5.74) is 53.7. The number of unbranched alkanes of at least 4 members (excludes halogenated alkanes) is 6. The number of aryl methyl sites for hydroxylation is 6. The van der Waals surface area contributed by atoms with Crippen molar-refractivity contribution in [1.29, 1.82) is 0 Å². The Bertz CT molecular complexity index is 8000. The van der Waals surface area contributed by atoms with E-state index in [1.807, 2.05) is 0 Å². The minimum atomic E-state index is -0.652. The number of fused-ring (bicyclic) bond motifs is 24. The lowest BCUT2D eigenvalue weighted by molar-refractivity contribution is 0.436. The van der Waals surface area contributed by atoms with Crippen LogP contribution in [0.2, 0.25) is 0 Å². The molecular weight excluding hydrogens is 1810 g/mol. The van der Waals surface area contributed by atoms with Crippen molar-refractivity contribution in [3.8, 4) is 89.8 Å². The Morgan fingerprint density at radius 2 is 0.570 bits per heavy atom. The lowest BCUT2D eigenvalue weighted by atomic mass is 9.33. The Hall–Kier alpha value is -16.2. The highest BCUT2D eigenvalue weighted by Crippen LogP contribution is 2.67. The molecule has 0 unspecified atom stereocenters. The first-order valence-electron chi connectivity index (χ1n) is 55.2. The number of benzene rings is 19. The SMILES string of the molecule is c1ccc(C2(c3ccccc3)c3ccccc3N(c3cc4c5c(c3)N(CCCCCCc3ccccc3-c3ccc6c(c3)C3(c7ccccc7O6)c6ccccc6-c6ccccc63)c3cc(-c6cc7c8c(c6)CCCN8CCC7)ccc3B5c3ccc(-c5cc6c7c(c5)CCCN7CCC6)cc3N4CCCCCCc3ccccc3-c3ccc4c(c3)C3(c5ccccc5O4)c4ccccc4-c4ccccc43)c3ccccc32)cc1. The van der Waals surface area contributed by atoms with E-state index in [2.05, 4.69) is 437 Å². The van der Waals surface area contributed by atoms with E-state index in [0.29, 0.717) is 0 Å². The van der Waals surface area contributed by atoms with Crippen LogP contribution in [0.15, 0.2) is 413 Å². The number of hydrogen-bond donors (Lipinski definition) is 0. The largest absolute Gasteiger partial charge is 0.457 e. The van der Waals surface area contributed by atoms with Gasteiger partial charge in [-0.2, -0.15) is 0 Å². The van der Waals surface area contributed by atoms with Gasteiger partial charge in [0.1, 0.15) is 23.0 Å². The topological polar surface area (TPSA) is 34.7 Å². The van der Waals surface area contributed by atoms with Gasteiger partial charge >= 0.3 is 0 Å². The van der Waals surface area contributed by atoms with Gasteiger partial charge < -0.3 is 34.0 Å². The van der Waals surface area contributed by atoms with Gasteiger partial charge in [0.05, 0.1) is 33.3 Å². The Labute approximate surface area is 875 Å². The summed E-state index contributed by atoms with van der Waals surface area (Å²) in [6.45, 7) is 6.22. The third-order valence-corrected chi connectivity index (χ3v) is 35.9. The molecule has 0 fully saturated rings. The summed E-state index contributed by atoms with van der Waals surface area (Å²) in [6, 6.07) is 160. The molecule has 0 bridgehead atoms.